The highest BCUT2D eigenvalue weighted by molar-refractivity contribution is 6.36. The molecule has 0 aromatic heterocycles. The molecule has 0 aliphatic rings. The van der Waals surface area contributed by atoms with E-state index in [0.29, 0.717) is 0 Å². The zero-order valence-electron chi connectivity index (χ0n) is 42.2. The molecule has 0 aliphatic heterocycles. The molecule has 0 saturated heterocycles. The fourth-order valence-electron chi connectivity index (χ4n) is 8.99. The second-order valence-electron chi connectivity index (χ2n) is 19.3. The molecule has 0 bridgehead atoms. The number of hydrogen-bond acceptors (Lipinski definition) is 2. The van der Waals surface area contributed by atoms with Crippen LogP contribution in [-0.4, -0.2) is 11.9 Å². The van der Waals surface area contributed by atoms with Crippen molar-refractivity contribution in [1.29, 1.82) is 0 Å². The van der Waals surface area contributed by atoms with E-state index in [4.69, 9.17) is 9.98 Å². The van der Waals surface area contributed by atoms with E-state index in [9.17, 15) is 0 Å². The molecule has 352 valence electrons. The predicted octanol–water partition coefficient (Wildman–Crippen LogP) is 20.6. The first-order valence-electron chi connectivity index (χ1n) is 27.7. The third kappa shape index (κ3) is 31.4. The Morgan fingerprint density at radius 1 is 0.339 bits per heavy atom. The van der Waals surface area contributed by atoms with Gasteiger partial charge in [-0.05, 0) is 117 Å². The average molecular weight is 851 g/mol. The molecular formula is C60H102N2. The Labute approximate surface area is 387 Å². The Bertz CT molecular complexity index is 1340. The molecule has 2 rings (SSSR count). The smallest absolute Gasteiger partial charge is 0.0816 e. The first-order chi connectivity index (χ1) is 30.6. The fourth-order valence-corrected chi connectivity index (χ4v) is 8.99. The van der Waals surface area contributed by atoms with Gasteiger partial charge in [-0.25, -0.2) is 4.99 Å². The zero-order chi connectivity index (χ0) is 44.4. The maximum Gasteiger partial charge on any atom is 0.0816 e. The minimum atomic E-state index is 0.970. The van der Waals surface area contributed by atoms with Crippen LogP contribution in [-0.2, 0) is 25.7 Å². The van der Waals surface area contributed by atoms with Crippen LogP contribution < -0.4 is 0 Å². The van der Waals surface area contributed by atoms with Gasteiger partial charge in [0.15, 0.2) is 0 Å². The highest BCUT2D eigenvalue weighted by Gasteiger charge is 2.06. The number of allylic oxidation sites excluding steroid dienone is 2. The molecule has 0 radical (unpaired) electrons. The topological polar surface area (TPSA) is 24.7 Å². The van der Waals surface area contributed by atoms with E-state index in [0.717, 1.165) is 49.2 Å². The van der Waals surface area contributed by atoms with Gasteiger partial charge in [0.1, 0.15) is 0 Å². The Hall–Kier alpha value is -2.48. The van der Waals surface area contributed by atoms with Crippen LogP contribution in [0.4, 0.5) is 11.4 Å². The minimum Gasteiger partial charge on any atom is -0.255 e. The van der Waals surface area contributed by atoms with Crippen molar-refractivity contribution >= 4 is 23.3 Å². The molecular weight excluding hydrogens is 749 g/mol. The molecule has 0 unspecified atom stereocenters. The number of hydrogen-bond donors (Lipinski definition) is 0. The maximum atomic E-state index is 5.33. The molecule has 62 heavy (non-hydrogen) atoms. The molecule has 0 amide bonds. The highest BCUT2D eigenvalue weighted by Crippen LogP contribution is 2.24. The summed E-state index contributed by atoms with van der Waals surface area (Å²) in [4.78, 5) is 10.5. The molecule has 0 heterocycles. The second kappa shape index (κ2) is 41.2. The summed E-state index contributed by atoms with van der Waals surface area (Å²) < 4.78 is 0. The van der Waals surface area contributed by atoms with Crippen LogP contribution in [0.1, 0.15) is 282 Å². The van der Waals surface area contributed by atoms with Crippen LogP contribution in [0.3, 0.4) is 0 Å². The quantitative estimate of drug-likeness (QED) is 0.0469. The van der Waals surface area contributed by atoms with Gasteiger partial charge in [-0.15, -0.1) is 0 Å². The van der Waals surface area contributed by atoms with Gasteiger partial charge in [0.2, 0.25) is 0 Å². The van der Waals surface area contributed by atoms with Crippen LogP contribution in [0.5, 0.6) is 0 Å². The number of aryl methyl sites for hydroxylation is 4. The van der Waals surface area contributed by atoms with Crippen molar-refractivity contribution in [2.45, 2.75) is 285 Å². The summed E-state index contributed by atoms with van der Waals surface area (Å²) in [6.45, 7) is 11.5. The van der Waals surface area contributed by atoms with Crippen molar-refractivity contribution in [1.82, 2.24) is 0 Å². The summed E-state index contributed by atoms with van der Waals surface area (Å²) in [5.41, 5.74) is 8.91. The molecule has 2 heteroatoms. The lowest BCUT2D eigenvalue weighted by atomic mass is 10.00. The summed E-state index contributed by atoms with van der Waals surface area (Å²) in [6.07, 6.45) is 59.0. The van der Waals surface area contributed by atoms with E-state index in [1.165, 1.54) is 241 Å². The predicted molar refractivity (Wildman–Crippen MR) is 282 cm³/mol. The highest BCUT2D eigenvalue weighted by atomic mass is 14.8. The van der Waals surface area contributed by atoms with Crippen LogP contribution in [0, 0.1) is 0 Å². The molecule has 0 N–H and O–H groups in total. The zero-order valence-corrected chi connectivity index (χ0v) is 42.2. The summed E-state index contributed by atoms with van der Waals surface area (Å²) in [5, 5.41) is 0. The Morgan fingerprint density at radius 2 is 0.629 bits per heavy atom. The lowest BCUT2D eigenvalue weighted by Gasteiger charge is -2.09. The van der Waals surface area contributed by atoms with Crippen LogP contribution in [0.15, 0.2) is 58.5 Å². The Kier molecular flexibility index (Phi) is 37.0. The lowest BCUT2D eigenvalue weighted by molar-refractivity contribution is 0.519. The minimum absolute atomic E-state index is 0.970. The summed E-state index contributed by atoms with van der Waals surface area (Å²) in [7, 11) is 0. The molecule has 0 saturated carbocycles. The standard InChI is InChI=1S/C60H102N2/c1-6-11-16-17-18-19-20-21-22-23-24-25-26-27-28-29-30-31-32-33-34-35-36-41-46-58(62-60-51-56(44-39-14-9-4)48-57(52-60)45-40-15-10-5)53-61-59-49-54(42-37-12-7-2)47-55(50-59)43-38-13-8-3/h41,46-53H,6-40,42-45H2,1-5H3/b46-41+,61-53?,62-58?. The summed E-state index contributed by atoms with van der Waals surface area (Å²) in [5.74, 6) is 0. The second-order valence-corrected chi connectivity index (χ2v) is 19.3. The molecule has 0 aliphatic carbocycles. The van der Waals surface area contributed by atoms with Crippen LogP contribution in [0.25, 0.3) is 0 Å². The van der Waals surface area contributed by atoms with Crippen molar-refractivity contribution in [3.8, 4) is 0 Å². The normalized spacial score (nSPS) is 12.2. The van der Waals surface area contributed by atoms with E-state index >= 15 is 0 Å². The maximum absolute atomic E-state index is 5.33. The monoisotopic (exact) mass is 851 g/mol. The first-order valence-corrected chi connectivity index (χ1v) is 27.7. The van der Waals surface area contributed by atoms with Crippen LogP contribution in [0.2, 0.25) is 0 Å². The molecule has 0 atom stereocenters. The number of benzene rings is 2. The SMILES string of the molecule is CCCCCCCCCCCCCCCCCCCCCCCC/C=C/C(C=Nc1cc(CCCCC)cc(CCCCC)c1)=Nc1cc(CCCCC)cc(CCCCC)c1. The number of unbranched alkanes of at least 4 members (excludes halogenated alkanes) is 30. The number of aliphatic imine (C=N–C) groups is 2. The third-order valence-corrected chi connectivity index (χ3v) is 13.0. The largest absolute Gasteiger partial charge is 0.255 e. The molecule has 2 nitrogen and oxygen atoms in total. The number of nitrogens with zero attached hydrogens (tertiary/aromatic N) is 2. The van der Waals surface area contributed by atoms with Gasteiger partial charge in [0.25, 0.3) is 0 Å². The molecule has 2 aromatic rings. The van der Waals surface area contributed by atoms with Gasteiger partial charge in [0, 0.05) is 0 Å². The van der Waals surface area contributed by atoms with Crippen molar-refractivity contribution in [2.24, 2.45) is 9.98 Å². The van der Waals surface area contributed by atoms with Gasteiger partial charge in [-0.2, -0.15) is 0 Å². The van der Waals surface area contributed by atoms with Crippen LogP contribution >= 0.6 is 0 Å². The van der Waals surface area contributed by atoms with E-state index in [1.807, 2.05) is 0 Å². The third-order valence-electron chi connectivity index (χ3n) is 13.0. The fraction of sp³-hybridized carbons (Fsp3) is 0.733. The van der Waals surface area contributed by atoms with Crippen molar-refractivity contribution in [3.63, 3.8) is 0 Å². The van der Waals surface area contributed by atoms with Crippen molar-refractivity contribution in [3.05, 3.63) is 70.8 Å². The van der Waals surface area contributed by atoms with Gasteiger partial charge in [0.05, 0.1) is 23.3 Å². The number of rotatable bonds is 43. The van der Waals surface area contributed by atoms with Gasteiger partial charge >= 0.3 is 0 Å². The Balaban J connectivity index is 1.90. The molecule has 0 fully saturated rings. The van der Waals surface area contributed by atoms with E-state index in [-0.39, 0.29) is 0 Å². The van der Waals surface area contributed by atoms with Crippen molar-refractivity contribution < 1.29 is 0 Å². The first kappa shape index (κ1) is 55.7. The summed E-state index contributed by atoms with van der Waals surface area (Å²) in [6, 6.07) is 14.3. The Morgan fingerprint density at radius 3 is 0.968 bits per heavy atom. The average Bonchev–Trinajstić information content (AvgIpc) is 3.27. The lowest BCUT2D eigenvalue weighted by Crippen LogP contribution is -1.97. The van der Waals surface area contributed by atoms with E-state index < -0.39 is 0 Å². The van der Waals surface area contributed by atoms with E-state index in [2.05, 4.69) is 89.4 Å². The van der Waals surface area contributed by atoms with Gasteiger partial charge in [-0.1, -0.05) is 239 Å². The van der Waals surface area contributed by atoms with Crippen molar-refractivity contribution in [2.75, 3.05) is 0 Å². The molecule has 0 spiro atoms. The molecule has 2 aromatic carbocycles. The van der Waals surface area contributed by atoms with Gasteiger partial charge < -0.3 is 0 Å². The summed E-state index contributed by atoms with van der Waals surface area (Å²) >= 11 is 0. The van der Waals surface area contributed by atoms with E-state index in [1.54, 1.807) is 0 Å². The van der Waals surface area contributed by atoms with Gasteiger partial charge in [-0.3, -0.25) is 4.99 Å².